The minimum absolute atomic E-state index is 0.598. The molecule has 0 saturated heterocycles. The van der Waals surface area contributed by atoms with E-state index in [4.69, 9.17) is 0 Å². The van der Waals surface area contributed by atoms with Gasteiger partial charge in [-0.25, -0.2) is 0 Å². The quantitative estimate of drug-likeness (QED) is 0.749. The van der Waals surface area contributed by atoms with Gasteiger partial charge in [-0.2, -0.15) is 0 Å². The van der Waals surface area contributed by atoms with E-state index >= 15 is 0 Å². The van der Waals surface area contributed by atoms with E-state index in [0.29, 0.717) is 0 Å². The Morgan fingerprint density at radius 2 is 1.90 bits per heavy atom. The predicted molar refractivity (Wildman–Crippen MR) is 41.2 cm³/mol. The zero-order valence-corrected chi connectivity index (χ0v) is 12.0. The van der Waals surface area contributed by atoms with Gasteiger partial charge in [-0.1, -0.05) is 0 Å². The van der Waals surface area contributed by atoms with Gasteiger partial charge in [0.05, 0.1) is 0 Å². The van der Waals surface area contributed by atoms with Crippen molar-refractivity contribution in [2.75, 3.05) is 0 Å². The van der Waals surface area contributed by atoms with Crippen LogP contribution in [0.25, 0.3) is 0 Å². The van der Waals surface area contributed by atoms with E-state index < -0.39 is 24.6 Å². The van der Waals surface area contributed by atoms with Gasteiger partial charge in [0.2, 0.25) is 0 Å². The van der Waals surface area contributed by atoms with E-state index in [-0.39, 0.29) is 0 Å². The van der Waals surface area contributed by atoms with Crippen LogP contribution in [-0.4, -0.2) is 0 Å². The van der Waals surface area contributed by atoms with Crippen molar-refractivity contribution in [2.24, 2.45) is 0 Å². The molecule has 1 aromatic rings. The van der Waals surface area contributed by atoms with Crippen molar-refractivity contribution in [1.29, 1.82) is 0 Å². The van der Waals surface area contributed by atoms with Crippen LogP contribution in [0.4, 0.5) is 0 Å². The Labute approximate surface area is 75.1 Å². The second-order valence-corrected chi connectivity index (χ2v) is 10.5. The van der Waals surface area contributed by atoms with Crippen LogP contribution in [0.3, 0.4) is 0 Å². The summed E-state index contributed by atoms with van der Waals surface area (Å²) in [6, 6.07) is 11.0. The van der Waals surface area contributed by atoms with Crippen LogP contribution in [0.2, 0.25) is 3.93 Å². The van der Waals surface area contributed by atoms with Crippen molar-refractivity contribution in [3.8, 4) is 0 Å². The summed E-state index contributed by atoms with van der Waals surface area (Å²) in [5.41, 5.74) is 0. The molecule has 0 aliphatic rings. The van der Waals surface area contributed by atoms with Crippen molar-refractivity contribution in [1.82, 2.24) is 0 Å². The summed E-state index contributed by atoms with van der Waals surface area (Å²) in [6.07, 6.45) is 1.39. The molecule has 10 heavy (non-hydrogen) atoms. The molecule has 1 rings (SSSR count). The van der Waals surface area contributed by atoms with Gasteiger partial charge in [0.25, 0.3) is 0 Å². The first-order valence-corrected chi connectivity index (χ1v) is 10.6. The van der Waals surface area contributed by atoms with Gasteiger partial charge in [0.1, 0.15) is 0 Å². The molecule has 0 aromatic heterocycles. The van der Waals surface area contributed by atoms with E-state index in [1.54, 1.807) is 3.07 Å². The van der Waals surface area contributed by atoms with E-state index in [1.165, 1.54) is 10.4 Å². The molecular formula is C9H12Hg. The molecule has 1 aromatic carbocycles. The summed E-state index contributed by atoms with van der Waals surface area (Å²) in [4.78, 5) is 0. The molecule has 0 radical (unpaired) electrons. The van der Waals surface area contributed by atoms with Crippen LogP contribution in [0.5, 0.6) is 0 Å². The molecule has 0 amide bonds. The van der Waals surface area contributed by atoms with E-state index in [9.17, 15) is 0 Å². The Morgan fingerprint density at radius 1 is 1.20 bits per heavy atom. The van der Waals surface area contributed by atoms with Crippen LogP contribution in [0, 0.1) is 0 Å². The van der Waals surface area contributed by atoms with Gasteiger partial charge >= 0.3 is 75.3 Å². The van der Waals surface area contributed by atoms with Gasteiger partial charge in [-0.05, 0) is 0 Å². The molecular weight excluding hydrogens is 309 g/mol. The maximum atomic E-state index is 2.29. The second-order valence-electron chi connectivity index (χ2n) is 2.59. The van der Waals surface area contributed by atoms with Crippen LogP contribution in [-0.2, 0) is 24.6 Å². The third-order valence-corrected chi connectivity index (χ3v) is 9.86. The van der Waals surface area contributed by atoms with Crippen molar-refractivity contribution in [2.45, 2.75) is 17.3 Å². The molecule has 0 spiro atoms. The molecule has 1 heteroatoms. The summed E-state index contributed by atoms with van der Waals surface area (Å²) in [7, 11) is 0. The Balaban J connectivity index is 2.43. The fourth-order valence-electron chi connectivity index (χ4n) is 1.03. The minimum atomic E-state index is -0.598. The Kier molecular flexibility index (Phi) is 4.04. The van der Waals surface area contributed by atoms with Crippen molar-refractivity contribution in [3.05, 3.63) is 30.3 Å². The van der Waals surface area contributed by atoms with Crippen molar-refractivity contribution >= 4 is 3.07 Å². The molecule has 0 unspecified atom stereocenters. The topological polar surface area (TPSA) is 0 Å². The number of hydrogen-bond acceptors (Lipinski definition) is 0. The molecule has 0 N–H and O–H groups in total. The SMILES string of the molecule is CC[CH2][Hg][c]1ccccc1. The van der Waals surface area contributed by atoms with Gasteiger partial charge in [0.15, 0.2) is 0 Å². The fraction of sp³-hybridized carbons (Fsp3) is 0.333. The maximum absolute atomic E-state index is 2.29. The second kappa shape index (κ2) is 4.89. The van der Waals surface area contributed by atoms with Crippen LogP contribution < -0.4 is 3.07 Å². The molecule has 0 fully saturated rings. The van der Waals surface area contributed by atoms with Gasteiger partial charge < -0.3 is 0 Å². The molecule has 0 saturated carbocycles. The van der Waals surface area contributed by atoms with Gasteiger partial charge in [-0.15, -0.1) is 0 Å². The summed E-state index contributed by atoms with van der Waals surface area (Å²) in [6.45, 7) is 2.28. The van der Waals surface area contributed by atoms with Crippen LogP contribution in [0.15, 0.2) is 30.3 Å². The standard InChI is InChI=1S/C6H5.C3H7.Hg/c1-2-4-6-5-3-1;1-3-2;/h1-5H;1,3H2,2H3;. The monoisotopic (exact) mass is 322 g/mol. The van der Waals surface area contributed by atoms with Crippen molar-refractivity contribution in [3.63, 3.8) is 0 Å². The molecule has 0 aliphatic carbocycles. The number of rotatable bonds is 3. The summed E-state index contributed by atoms with van der Waals surface area (Å²) < 4.78 is 3.22. The Hall–Kier alpha value is 0.155. The van der Waals surface area contributed by atoms with Crippen LogP contribution >= 0.6 is 0 Å². The zero-order valence-electron chi connectivity index (χ0n) is 6.51. The average Bonchev–Trinajstić information content (AvgIpc) is 2.03. The summed E-state index contributed by atoms with van der Waals surface area (Å²) in [5.74, 6) is 0. The normalized spacial score (nSPS) is 8.90. The average molecular weight is 321 g/mol. The number of hydrogen-bond donors (Lipinski definition) is 0. The first kappa shape index (κ1) is 8.25. The third-order valence-electron chi connectivity index (χ3n) is 1.66. The first-order chi connectivity index (χ1) is 4.93. The van der Waals surface area contributed by atoms with Crippen LogP contribution in [0.1, 0.15) is 13.3 Å². The molecule has 0 heterocycles. The van der Waals surface area contributed by atoms with E-state index in [2.05, 4.69) is 37.3 Å². The zero-order chi connectivity index (χ0) is 7.23. The Bertz CT molecular complexity index is 169. The summed E-state index contributed by atoms with van der Waals surface area (Å²) in [5, 5.41) is 0. The van der Waals surface area contributed by atoms with E-state index in [0.717, 1.165) is 0 Å². The first-order valence-electron chi connectivity index (χ1n) is 3.97. The Morgan fingerprint density at radius 3 is 2.50 bits per heavy atom. The third kappa shape index (κ3) is 2.83. The summed E-state index contributed by atoms with van der Waals surface area (Å²) >= 11 is -0.598. The predicted octanol–water partition coefficient (Wildman–Crippen LogP) is 2.22. The van der Waals surface area contributed by atoms with Crippen molar-refractivity contribution < 1.29 is 24.6 Å². The molecule has 0 bridgehead atoms. The molecule has 50 valence electrons. The molecule has 0 aliphatic heterocycles. The molecule has 0 nitrogen and oxygen atoms in total. The van der Waals surface area contributed by atoms with Gasteiger partial charge in [0, 0.05) is 0 Å². The number of benzene rings is 1. The molecule has 0 atom stereocenters. The van der Waals surface area contributed by atoms with E-state index in [1.807, 2.05) is 0 Å². The van der Waals surface area contributed by atoms with Gasteiger partial charge in [-0.3, -0.25) is 0 Å². The fourth-order valence-corrected chi connectivity index (χ4v) is 6.34.